The van der Waals surface area contributed by atoms with Crippen LogP contribution < -0.4 is 5.32 Å². The van der Waals surface area contributed by atoms with Gasteiger partial charge in [-0.3, -0.25) is 5.10 Å². The number of benzene rings is 1. The van der Waals surface area contributed by atoms with Crippen molar-refractivity contribution in [2.24, 2.45) is 0 Å². The lowest BCUT2D eigenvalue weighted by molar-refractivity contribution is 0.584. The van der Waals surface area contributed by atoms with E-state index in [0.29, 0.717) is 34.8 Å². The van der Waals surface area contributed by atoms with Crippen molar-refractivity contribution < 1.29 is 8.78 Å². The van der Waals surface area contributed by atoms with E-state index in [1.165, 1.54) is 18.3 Å². The summed E-state index contributed by atoms with van der Waals surface area (Å²) in [6.45, 7) is 2.54. The molecule has 0 aliphatic rings. The molecule has 5 nitrogen and oxygen atoms in total. The fraction of sp³-hybridized carbons (Fsp3) is 0.154. The van der Waals surface area contributed by atoms with Crippen molar-refractivity contribution in [2.75, 3.05) is 11.9 Å². The van der Waals surface area contributed by atoms with E-state index in [4.69, 9.17) is 0 Å². The van der Waals surface area contributed by atoms with Gasteiger partial charge in [-0.25, -0.2) is 13.8 Å². The Morgan fingerprint density at radius 2 is 1.90 bits per heavy atom. The Bertz CT molecular complexity index is 748. The van der Waals surface area contributed by atoms with E-state index >= 15 is 0 Å². The summed E-state index contributed by atoms with van der Waals surface area (Å²) in [7, 11) is 0. The Morgan fingerprint density at radius 3 is 2.60 bits per heavy atom. The Labute approximate surface area is 113 Å². The fourth-order valence-corrected chi connectivity index (χ4v) is 1.98. The molecule has 2 aromatic heterocycles. The highest BCUT2D eigenvalue weighted by Crippen LogP contribution is 2.27. The largest absolute Gasteiger partial charge is 0.354 e. The lowest BCUT2D eigenvalue weighted by Gasteiger charge is -2.07. The standard InChI is InChI=1S/C13H11F2N5/c1-2-16-13-18-11(10-6-17-20-12(10)19-13)7-3-8(14)5-9(15)4-7/h3-6H,2H2,1H3,(H2,16,17,18,19,20). The van der Waals surface area contributed by atoms with Crippen LogP contribution >= 0.6 is 0 Å². The topological polar surface area (TPSA) is 66.5 Å². The predicted molar refractivity (Wildman–Crippen MR) is 71.2 cm³/mol. The van der Waals surface area contributed by atoms with Crippen molar-refractivity contribution in [1.29, 1.82) is 0 Å². The highest BCUT2D eigenvalue weighted by Gasteiger charge is 2.13. The van der Waals surface area contributed by atoms with E-state index in [2.05, 4.69) is 25.5 Å². The van der Waals surface area contributed by atoms with Crippen LogP contribution in [0.3, 0.4) is 0 Å². The quantitative estimate of drug-likeness (QED) is 0.771. The second-order valence-corrected chi connectivity index (χ2v) is 4.22. The van der Waals surface area contributed by atoms with E-state index in [1.54, 1.807) is 0 Å². The maximum absolute atomic E-state index is 13.4. The van der Waals surface area contributed by atoms with Gasteiger partial charge in [0.2, 0.25) is 5.95 Å². The number of rotatable bonds is 3. The highest BCUT2D eigenvalue weighted by atomic mass is 19.1. The first-order valence-electron chi connectivity index (χ1n) is 6.09. The van der Waals surface area contributed by atoms with Crippen LogP contribution in [0.2, 0.25) is 0 Å². The normalized spacial score (nSPS) is 10.9. The van der Waals surface area contributed by atoms with Crippen molar-refractivity contribution >= 4 is 17.0 Å². The van der Waals surface area contributed by atoms with Crippen LogP contribution in [0.4, 0.5) is 14.7 Å². The molecule has 0 saturated carbocycles. The molecule has 20 heavy (non-hydrogen) atoms. The Balaban J connectivity index is 2.25. The van der Waals surface area contributed by atoms with Gasteiger partial charge in [0, 0.05) is 18.2 Å². The van der Waals surface area contributed by atoms with Crippen LogP contribution in [0.25, 0.3) is 22.3 Å². The average molecular weight is 275 g/mol. The van der Waals surface area contributed by atoms with Crippen LogP contribution in [-0.2, 0) is 0 Å². The van der Waals surface area contributed by atoms with Crippen molar-refractivity contribution in [2.45, 2.75) is 6.92 Å². The summed E-state index contributed by atoms with van der Waals surface area (Å²) in [6, 6.07) is 3.28. The fourth-order valence-electron chi connectivity index (χ4n) is 1.98. The molecule has 0 atom stereocenters. The monoisotopic (exact) mass is 275 g/mol. The maximum Gasteiger partial charge on any atom is 0.225 e. The zero-order valence-electron chi connectivity index (χ0n) is 10.6. The number of aromatic amines is 1. The smallest absolute Gasteiger partial charge is 0.225 e. The zero-order chi connectivity index (χ0) is 14.1. The number of nitrogens with one attached hydrogen (secondary N) is 2. The minimum Gasteiger partial charge on any atom is -0.354 e. The molecule has 0 unspecified atom stereocenters. The molecule has 0 aliphatic carbocycles. The van der Waals surface area contributed by atoms with Gasteiger partial charge in [-0.15, -0.1) is 0 Å². The average Bonchev–Trinajstić information content (AvgIpc) is 2.85. The van der Waals surface area contributed by atoms with Gasteiger partial charge in [-0.2, -0.15) is 10.1 Å². The van der Waals surface area contributed by atoms with Crippen LogP contribution in [0, 0.1) is 11.6 Å². The summed E-state index contributed by atoms with van der Waals surface area (Å²) in [5.41, 5.74) is 1.28. The Morgan fingerprint density at radius 1 is 1.15 bits per heavy atom. The van der Waals surface area contributed by atoms with Gasteiger partial charge >= 0.3 is 0 Å². The first kappa shape index (κ1) is 12.5. The summed E-state index contributed by atoms with van der Waals surface area (Å²) in [5.74, 6) is -0.926. The molecule has 0 radical (unpaired) electrons. The SMILES string of the molecule is CCNc1nc(-c2cc(F)cc(F)c2)c2cn[nH]c2n1. The van der Waals surface area contributed by atoms with Gasteiger partial charge in [-0.05, 0) is 19.1 Å². The van der Waals surface area contributed by atoms with E-state index in [9.17, 15) is 8.78 Å². The molecule has 3 rings (SSSR count). The zero-order valence-corrected chi connectivity index (χ0v) is 10.6. The molecule has 0 amide bonds. The molecule has 0 aliphatic heterocycles. The molecule has 102 valence electrons. The molecule has 0 fully saturated rings. The van der Waals surface area contributed by atoms with Gasteiger partial charge in [0.05, 0.1) is 17.3 Å². The molecule has 2 heterocycles. The van der Waals surface area contributed by atoms with Crippen LogP contribution in [0.5, 0.6) is 0 Å². The summed E-state index contributed by atoms with van der Waals surface area (Å²) >= 11 is 0. The first-order chi connectivity index (χ1) is 9.67. The maximum atomic E-state index is 13.4. The minimum absolute atomic E-state index is 0.343. The van der Waals surface area contributed by atoms with E-state index in [1.807, 2.05) is 6.92 Å². The molecule has 0 saturated heterocycles. The van der Waals surface area contributed by atoms with E-state index in [-0.39, 0.29) is 0 Å². The number of fused-ring (bicyclic) bond motifs is 1. The molecular formula is C13H11F2N5. The molecule has 2 N–H and O–H groups in total. The van der Waals surface area contributed by atoms with E-state index < -0.39 is 11.6 Å². The molecular weight excluding hydrogens is 264 g/mol. The second-order valence-electron chi connectivity index (χ2n) is 4.22. The Kier molecular flexibility index (Phi) is 3.02. The Hall–Kier alpha value is -2.57. The number of hydrogen-bond donors (Lipinski definition) is 2. The number of anilines is 1. The molecule has 3 aromatic rings. The summed E-state index contributed by atoms with van der Waals surface area (Å²) in [4.78, 5) is 8.53. The third kappa shape index (κ3) is 2.18. The van der Waals surface area contributed by atoms with Gasteiger partial charge in [0.25, 0.3) is 0 Å². The van der Waals surface area contributed by atoms with Gasteiger partial charge in [0.1, 0.15) is 11.6 Å². The van der Waals surface area contributed by atoms with Crippen molar-refractivity contribution in [1.82, 2.24) is 20.2 Å². The number of aromatic nitrogens is 4. The number of H-pyrrole nitrogens is 1. The molecule has 0 spiro atoms. The van der Waals surface area contributed by atoms with Crippen LogP contribution in [0.1, 0.15) is 6.92 Å². The first-order valence-corrected chi connectivity index (χ1v) is 6.09. The van der Waals surface area contributed by atoms with Crippen molar-refractivity contribution in [3.05, 3.63) is 36.0 Å². The lowest BCUT2D eigenvalue weighted by atomic mass is 10.1. The van der Waals surface area contributed by atoms with Crippen LogP contribution in [-0.4, -0.2) is 26.7 Å². The van der Waals surface area contributed by atoms with Crippen LogP contribution in [0.15, 0.2) is 24.4 Å². The van der Waals surface area contributed by atoms with Crippen molar-refractivity contribution in [3.63, 3.8) is 0 Å². The predicted octanol–water partition coefficient (Wildman–Crippen LogP) is 2.73. The summed E-state index contributed by atoms with van der Waals surface area (Å²) in [6.07, 6.45) is 1.53. The van der Waals surface area contributed by atoms with Gasteiger partial charge in [-0.1, -0.05) is 0 Å². The minimum atomic E-state index is -0.653. The van der Waals surface area contributed by atoms with Gasteiger partial charge < -0.3 is 5.32 Å². The lowest BCUT2D eigenvalue weighted by Crippen LogP contribution is -2.03. The molecule has 7 heteroatoms. The second kappa shape index (κ2) is 4.84. The molecule has 1 aromatic carbocycles. The number of nitrogens with zero attached hydrogens (tertiary/aromatic N) is 3. The summed E-state index contributed by atoms with van der Waals surface area (Å²) in [5, 5.41) is 10.2. The van der Waals surface area contributed by atoms with Gasteiger partial charge in [0.15, 0.2) is 5.65 Å². The number of hydrogen-bond acceptors (Lipinski definition) is 4. The third-order valence-corrected chi connectivity index (χ3v) is 2.78. The highest BCUT2D eigenvalue weighted by molar-refractivity contribution is 5.90. The molecule has 0 bridgehead atoms. The van der Waals surface area contributed by atoms with E-state index in [0.717, 1.165) is 6.07 Å². The number of halogens is 2. The van der Waals surface area contributed by atoms with Crippen molar-refractivity contribution in [3.8, 4) is 11.3 Å². The third-order valence-electron chi connectivity index (χ3n) is 2.78. The summed E-state index contributed by atoms with van der Waals surface area (Å²) < 4.78 is 26.7.